The second-order valence-electron chi connectivity index (χ2n) is 2.94. The molecule has 0 radical (unpaired) electrons. The van der Waals surface area contributed by atoms with Crippen molar-refractivity contribution in [2.24, 2.45) is 0 Å². The lowest BCUT2D eigenvalue weighted by molar-refractivity contribution is 0.459. The number of aromatic nitrogens is 2. The number of nitrogens with two attached hydrogens (primary N) is 1. The highest BCUT2D eigenvalue weighted by atomic mass is 35.5. The fourth-order valence-corrected chi connectivity index (χ4v) is 1.21. The fourth-order valence-electron chi connectivity index (χ4n) is 1.08. The summed E-state index contributed by atoms with van der Waals surface area (Å²) in [4.78, 5) is 7.47. The molecule has 0 spiro atoms. The van der Waals surface area contributed by atoms with Gasteiger partial charge in [-0.1, -0.05) is 17.7 Å². The highest BCUT2D eigenvalue weighted by molar-refractivity contribution is 6.32. The quantitative estimate of drug-likeness (QED) is 0.819. The molecule has 0 atom stereocenters. The van der Waals surface area contributed by atoms with Gasteiger partial charge in [-0.2, -0.15) is 4.98 Å². The summed E-state index contributed by atoms with van der Waals surface area (Å²) in [7, 11) is 0. The van der Waals surface area contributed by atoms with Gasteiger partial charge in [0, 0.05) is 6.07 Å². The molecule has 82 valence electrons. The summed E-state index contributed by atoms with van der Waals surface area (Å²) in [6.45, 7) is 0. The van der Waals surface area contributed by atoms with Crippen molar-refractivity contribution < 1.29 is 9.13 Å². The lowest BCUT2D eigenvalue weighted by Crippen LogP contribution is -1.97. The molecule has 0 amide bonds. The first-order chi connectivity index (χ1) is 7.66. The lowest BCUT2D eigenvalue weighted by Gasteiger charge is -2.07. The largest absolute Gasteiger partial charge is 0.437 e. The minimum Gasteiger partial charge on any atom is -0.437 e. The van der Waals surface area contributed by atoms with E-state index in [0.717, 1.165) is 0 Å². The topological polar surface area (TPSA) is 61.0 Å². The smallest absolute Gasteiger partial charge is 0.247 e. The molecule has 2 rings (SSSR count). The molecule has 0 bridgehead atoms. The van der Waals surface area contributed by atoms with Gasteiger partial charge in [-0.05, 0) is 12.1 Å². The molecule has 0 aliphatic carbocycles. The zero-order chi connectivity index (χ0) is 11.5. The van der Waals surface area contributed by atoms with E-state index in [-0.39, 0.29) is 16.7 Å². The molecule has 0 saturated heterocycles. The summed E-state index contributed by atoms with van der Waals surface area (Å²) in [5.74, 6) is -0.0108. The molecule has 0 unspecified atom stereocenters. The second kappa shape index (κ2) is 4.32. The van der Waals surface area contributed by atoms with Gasteiger partial charge in [-0.25, -0.2) is 9.37 Å². The van der Waals surface area contributed by atoms with Gasteiger partial charge in [-0.15, -0.1) is 0 Å². The van der Waals surface area contributed by atoms with Crippen LogP contribution in [0, 0.1) is 5.82 Å². The highest BCUT2D eigenvalue weighted by Gasteiger charge is 2.08. The zero-order valence-corrected chi connectivity index (χ0v) is 8.78. The number of halogens is 2. The third-order valence-corrected chi connectivity index (χ3v) is 2.11. The Morgan fingerprint density at radius 2 is 2.12 bits per heavy atom. The molecule has 0 saturated carbocycles. The highest BCUT2D eigenvalue weighted by Crippen LogP contribution is 2.28. The summed E-state index contributed by atoms with van der Waals surface area (Å²) in [5, 5.41) is 0.0985. The number of nitrogens with zero attached hydrogens (tertiary/aromatic N) is 2. The summed E-state index contributed by atoms with van der Waals surface area (Å²) < 4.78 is 18.1. The monoisotopic (exact) mass is 239 g/mol. The van der Waals surface area contributed by atoms with Crippen molar-refractivity contribution >= 4 is 17.3 Å². The van der Waals surface area contributed by atoms with Gasteiger partial charge in [0.05, 0.1) is 0 Å². The van der Waals surface area contributed by atoms with Crippen molar-refractivity contribution in [2.45, 2.75) is 0 Å². The van der Waals surface area contributed by atoms with Crippen LogP contribution in [0.4, 0.5) is 10.1 Å². The summed E-state index contributed by atoms with van der Waals surface area (Å²) >= 11 is 5.68. The van der Waals surface area contributed by atoms with Crippen molar-refractivity contribution in [3.63, 3.8) is 0 Å². The fraction of sp³-hybridized carbons (Fsp3) is 0. The Morgan fingerprint density at radius 1 is 1.31 bits per heavy atom. The molecule has 16 heavy (non-hydrogen) atoms. The van der Waals surface area contributed by atoms with Crippen LogP contribution in [-0.2, 0) is 0 Å². The van der Waals surface area contributed by atoms with Gasteiger partial charge in [0.15, 0.2) is 5.15 Å². The van der Waals surface area contributed by atoms with Crippen LogP contribution < -0.4 is 10.5 Å². The number of benzene rings is 1. The van der Waals surface area contributed by atoms with Crippen LogP contribution >= 0.6 is 11.6 Å². The predicted molar refractivity (Wildman–Crippen MR) is 57.9 cm³/mol. The molecule has 1 heterocycles. The molecule has 1 aromatic heterocycles. The molecule has 0 aliphatic heterocycles. The van der Waals surface area contributed by atoms with Crippen LogP contribution in [-0.4, -0.2) is 9.97 Å². The van der Waals surface area contributed by atoms with E-state index < -0.39 is 5.82 Å². The molecule has 1 aromatic carbocycles. The Balaban J connectivity index is 2.31. The van der Waals surface area contributed by atoms with Gasteiger partial charge >= 0.3 is 0 Å². The van der Waals surface area contributed by atoms with E-state index in [4.69, 9.17) is 22.1 Å². The number of anilines is 1. The van der Waals surface area contributed by atoms with E-state index in [2.05, 4.69) is 9.97 Å². The third-order valence-electron chi connectivity index (χ3n) is 1.81. The van der Waals surface area contributed by atoms with Crippen molar-refractivity contribution in [3.05, 3.63) is 41.6 Å². The molecule has 4 nitrogen and oxygen atoms in total. The molecule has 6 heteroatoms. The van der Waals surface area contributed by atoms with Gasteiger partial charge in [0.1, 0.15) is 23.6 Å². The van der Waals surface area contributed by atoms with Gasteiger partial charge in [0.2, 0.25) is 5.88 Å². The van der Waals surface area contributed by atoms with E-state index in [0.29, 0.717) is 5.75 Å². The summed E-state index contributed by atoms with van der Waals surface area (Å²) in [6.07, 6.45) is 1.22. The molecule has 2 N–H and O–H groups in total. The lowest BCUT2D eigenvalue weighted by atomic mass is 10.3. The number of ether oxygens (including phenoxy) is 1. The first-order valence-electron chi connectivity index (χ1n) is 4.36. The molecular formula is C10H7ClFN3O. The number of hydrogen-bond acceptors (Lipinski definition) is 4. The Bertz CT molecular complexity index is 521. The van der Waals surface area contributed by atoms with Crippen LogP contribution in [0.3, 0.4) is 0 Å². The molecule has 0 fully saturated rings. The van der Waals surface area contributed by atoms with Crippen molar-refractivity contribution in [1.82, 2.24) is 9.97 Å². The Labute approximate surface area is 95.9 Å². The average Bonchev–Trinajstić information content (AvgIpc) is 2.25. The van der Waals surface area contributed by atoms with E-state index >= 15 is 0 Å². The van der Waals surface area contributed by atoms with E-state index in [1.807, 2.05) is 0 Å². The van der Waals surface area contributed by atoms with Crippen LogP contribution in [0.1, 0.15) is 0 Å². The van der Waals surface area contributed by atoms with E-state index in [9.17, 15) is 4.39 Å². The number of hydrogen-bond donors (Lipinski definition) is 1. The van der Waals surface area contributed by atoms with Crippen molar-refractivity contribution in [2.75, 3.05) is 5.73 Å². The molecular weight excluding hydrogens is 233 g/mol. The first kappa shape index (κ1) is 10.6. The van der Waals surface area contributed by atoms with Crippen molar-refractivity contribution in [3.8, 4) is 11.6 Å². The minimum absolute atomic E-state index is 0.0985. The maximum absolute atomic E-state index is 12.9. The maximum Gasteiger partial charge on any atom is 0.247 e. The normalized spacial score (nSPS) is 10.1. The van der Waals surface area contributed by atoms with Crippen LogP contribution in [0.15, 0.2) is 30.6 Å². The third kappa shape index (κ3) is 2.20. The Morgan fingerprint density at radius 3 is 2.88 bits per heavy atom. The van der Waals surface area contributed by atoms with Crippen LogP contribution in [0.5, 0.6) is 11.6 Å². The SMILES string of the molecule is Nc1c(Cl)ncnc1Oc1cccc(F)c1. The molecule has 0 aliphatic rings. The predicted octanol–water partition coefficient (Wildman–Crippen LogP) is 2.64. The van der Waals surface area contributed by atoms with Crippen LogP contribution in [0.25, 0.3) is 0 Å². The van der Waals surface area contributed by atoms with E-state index in [1.165, 1.54) is 24.5 Å². The summed E-state index contributed by atoms with van der Waals surface area (Å²) in [6, 6.07) is 5.63. The minimum atomic E-state index is -0.406. The standard InChI is InChI=1S/C10H7ClFN3O/c11-9-8(13)10(15-5-14-9)16-7-3-1-2-6(12)4-7/h1-5H,13H2. The van der Waals surface area contributed by atoms with Gasteiger partial charge in [-0.3, -0.25) is 0 Å². The van der Waals surface area contributed by atoms with Gasteiger partial charge in [0.25, 0.3) is 0 Å². The summed E-state index contributed by atoms with van der Waals surface area (Å²) in [5.41, 5.74) is 5.71. The average molecular weight is 240 g/mol. The maximum atomic E-state index is 12.9. The number of rotatable bonds is 2. The first-order valence-corrected chi connectivity index (χ1v) is 4.74. The van der Waals surface area contributed by atoms with Gasteiger partial charge < -0.3 is 10.5 Å². The Kier molecular flexibility index (Phi) is 2.87. The zero-order valence-electron chi connectivity index (χ0n) is 8.02. The molecule has 2 aromatic rings. The van der Waals surface area contributed by atoms with Crippen LogP contribution in [0.2, 0.25) is 5.15 Å². The van der Waals surface area contributed by atoms with Crippen molar-refractivity contribution in [1.29, 1.82) is 0 Å². The number of nitrogen functional groups attached to an aromatic ring is 1. The Hall–Kier alpha value is -1.88. The second-order valence-corrected chi connectivity index (χ2v) is 3.30. The van der Waals surface area contributed by atoms with E-state index in [1.54, 1.807) is 6.07 Å².